The summed E-state index contributed by atoms with van der Waals surface area (Å²) in [7, 11) is 0. The molecule has 1 N–H and O–H groups in total. The summed E-state index contributed by atoms with van der Waals surface area (Å²) in [4.78, 5) is 26.2. The number of carbonyl (C=O) groups excluding carboxylic acids is 2. The molecule has 0 bridgehead atoms. The fraction of sp³-hybridized carbons (Fsp3) is 0.467. The Balaban J connectivity index is 2.26. The normalized spacial score (nSPS) is 23.1. The molecule has 0 spiro atoms. The van der Waals surface area contributed by atoms with Gasteiger partial charge in [0.1, 0.15) is 12.1 Å². The Morgan fingerprint density at radius 1 is 1.25 bits per heavy atom. The zero-order valence-corrected chi connectivity index (χ0v) is 14.0. The van der Waals surface area contributed by atoms with Crippen molar-refractivity contribution >= 4 is 34.4 Å². The molecule has 1 heterocycles. The van der Waals surface area contributed by atoms with Crippen molar-refractivity contribution in [2.75, 3.05) is 0 Å². The molecule has 1 aliphatic rings. The molecule has 1 saturated heterocycles. The second-order valence-corrected chi connectivity index (χ2v) is 6.76. The molecule has 2 atom stereocenters. The van der Waals surface area contributed by atoms with E-state index in [1.807, 2.05) is 38.1 Å². The molecule has 0 aliphatic carbocycles. The third-order valence-corrected chi connectivity index (χ3v) is 4.23. The summed E-state index contributed by atoms with van der Waals surface area (Å²) in [5.41, 5.74) is 1.05. The van der Waals surface area contributed by atoms with E-state index < -0.39 is 12.1 Å². The van der Waals surface area contributed by atoms with Gasteiger partial charge in [-0.1, -0.05) is 26.0 Å². The number of piperazine rings is 1. The SMILES string of the molecule is CC1NC(=O)C(C(C)C)N(Cc2ccc(I)cc2)C1=O. The smallest absolute Gasteiger partial charge is 0.245 e. The first-order chi connectivity index (χ1) is 9.40. The van der Waals surface area contributed by atoms with Crippen LogP contribution in [0.4, 0.5) is 0 Å². The lowest BCUT2D eigenvalue weighted by Crippen LogP contribution is -2.63. The van der Waals surface area contributed by atoms with Crippen molar-refractivity contribution in [2.24, 2.45) is 5.92 Å². The minimum atomic E-state index is -0.443. The Morgan fingerprint density at radius 3 is 2.40 bits per heavy atom. The van der Waals surface area contributed by atoms with Gasteiger partial charge in [0.05, 0.1) is 0 Å². The third kappa shape index (κ3) is 3.13. The Hall–Kier alpha value is -1.11. The molecule has 2 unspecified atom stereocenters. The monoisotopic (exact) mass is 386 g/mol. The summed E-state index contributed by atoms with van der Waals surface area (Å²) in [6.07, 6.45) is 0. The molecule has 1 aliphatic heterocycles. The first-order valence-electron chi connectivity index (χ1n) is 6.75. The lowest BCUT2D eigenvalue weighted by atomic mass is 9.96. The predicted molar refractivity (Wildman–Crippen MR) is 85.9 cm³/mol. The highest BCUT2D eigenvalue weighted by Gasteiger charge is 2.39. The average molecular weight is 386 g/mol. The molecule has 0 saturated carbocycles. The summed E-state index contributed by atoms with van der Waals surface area (Å²) < 4.78 is 1.16. The van der Waals surface area contributed by atoms with Crippen molar-refractivity contribution in [2.45, 2.75) is 39.4 Å². The van der Waals surface area contributed by atoms with Crippen LogP contribution in [0.2, 0.25) is 0 Å². The minimum absolute atomic E-state index is 0.0122. The Morgan fingerprint density at radius 2 is 1.85 bits per heavy atom. The fourth-order valence-corrected chi connectivity index (χ4v) is 2.87. The number of nitrogens with zero attached hydrogens (tertiary/aromatic N) is 1. The largest absolute Gasteiger partial charge is 0.343 e. The first-order valence-corrected chi connectivity index (χ1v) is 7.83. The van der Waals surface area contributed by atoms with Crippen LogP contribution < -0.4 is 5.32 Å². The van der Waals surface area contributed by atoms with Gasteiger partial charge >= 0.3 is 0 Å². The van der Waals surface area contributed by atoms with Crippen LogP contribution in [0.1, 0.15) is 26.3 Å². The molecule has 2 amide bonds. The summed E-state index contributed by atoms with van der Waals surface area (Å²) in [5, 5.41) is 2.75. The molecule has 1 aromatic carbocycles. The topological polar surface area (TPSA) is 49.4 Å². The number of carbonyl (C=O) groups is 2. The van der Waals surface area contributed by atoms with E-state index in [-0.39, 0.29) is 17.7 Å². The average Bonchev–Trinajstić information content (AvgIpc) is 2.37. The standard InChI is InChI=1S/C15H19IN2O2/c1-9(2)13-14(19)17-10(3)15(20)18(13)8-11-4-6-12(16)7-5-11/h4-7,9-10,13H,8H2,1-3H3,(H,17,19). The predicted octanol–water partition coefficient (Wildman–Crippen LogP) is 2.16. The molecule has 1 fully saturated rings. The van der Waals surface area contributed by atoms with Crippen molar-refractivity contribution in [3.05, 3.63) is 33.4 Å². The lowest BCUT2D eigenvalue weighted by molar-refractivity contribution is -0.151. The van der Waals surface area contributed by atoms with Crippen LogP contribution in [0.15, 0.2) is 24.3 Å². The second kappa shape index (κ2) is 6.11. The van der Waals surface area contributed by atoms with Crippen molar-refractivity contribution in [1.82, 2.24) is 10.2 Å². The molecule has 20 heavy (non-hydrogen) atoms. The number of rotatable bonds is 3. The maximum absolute atomic E-state index is 12.4. The van der Waals surface area contributed by atoms with Crippen LogP contribution in [0.5, 0.6) is 0 Å². The highest BCUT2D eigenvalue weighted by atomic mass is 127. The number of benzene rings is 1. The molecule has 2 rings (SSSR count). The maximum Gasteiger partial charge on any atom is 0.245 e. The van der Waals surface area contributed by atoms with Crippen LogP contribution in [-0.2, 0) is 16.1 Å². The minimum Gasteiger partial charge on any atom is -0.343 e. The molecule has 0 radical (unpaired) electrons. The fourth-order valence-electron chi connectivity index (χ4n) is 2.51. The zero-order chi connectivity index (χ0) is 14.9. The maximum atomic E-state index is 12.4. The van der Waals surface area contributed by atoms with Crippen LogP contribution in [0.25, 0.3) is 0 Å². The quantitative estimate of drug-likeness (QED) is 0.810. The van der Waals surface area contributed by atoms with Gasteiger partial charge in [-0.25, -0.2) is 0 Å². The number of hydrogen-bond donors (Lipinski definition) is 1. The van der Waals surface area contributed by atoms with E-state index in [4.69, 9.17) is 0 Å². The van der Waals surface area contributed by atoms with Crippen molar-refractivity contribution in [3.8, 4) is 0 Å². The van der Waals surface area contributed by atoms with Crippen LogP contribution in [0, 0.1) is 9.49 Å². The van der Waals surface area contributed by atoms with E-state index in [0.717, 1.165) is 9.13 Å². The Labute approximate surface area is 133 Å². The van der Waals surface area contributed by atoms with Gasteiger partial charge in [-0.15, -0.1) is 0 Å². The van der Waals surface area contributed by atoms with E-state index in [2.05, 4.69) is 27.9 Å². The van der Waals surface area contributed by atoms with Gasteiger partial charge in [0.2, 0.25) is 11.8 Å². The lowest BCUT2D eigenvalue weighted by Gasteiger charge is -2.40. The van der Waals surface area contributed by atoms with Crippen molar-refractivity contribution in [1.29, 1.82) is 0 Å². The molecule has 4 nitrogen and oxygen atoms in total. The first kappa shape index (κ1) is 15.3. The van der Waals surface area contributed by atoms with Gasteiger partial charge in [-0.2, -0.15) is 0 Å². The van der Waals surface area contributed by atoms with Gasteiger partial charge in [-0.05, 0) is 53.1 Å². The van der Waals surface area contributed by atoms with Crippen LogP contribution in [0.3, 0.4) is 0 Å². The van der Waals surface area contributed by atoms with Gasteiger partial charge in [0.15, 0.2) is 0 Å². The molecular weight excluding hydrogens is 367 g/mol. The zero-order valence-electron chi connectivity index (χ0n) is 11.9. The van der Waals surface area contributed by atoms with Gasteiger partial charge in [0, 0.05) is 10.1 Å². The molecule has 1 aromatic rings. The summed E-state index contributed by atoms with van der Waals surface area (Å²) in [5.74, 6) is 0.0229. The molecule has 108 valence electrons. The van der Waals surface area contributed by atoms with E-state index in [0.29, 0.717) is 6.54 Å². The molecule has 0 aromatic heterocycles. The Kier molecular flexibility index (Phi) is 4.67. The van der Waals surface area contributed by atoms with Crippen LogP contribution in [-0.4, -0.2) is 28.8 Å². The molecule has 5 heteroatoms. The highest BCUT2D eigenvalue weighted by molar-refractivity contribution is 14.1. The number of hydrogen-bond acceptors (Lipinski definition) is 2. The summed E-state index contributed by atoms with van der Waals surface area (Å²) in [6, 6.07) is 7.20. The van der Waals surface area contributed by atoms with Crippen molar-refractivity contribution < 1.29 is 9.59 Å². The van der Waals surface area contributed by atoms with Crippen LogP contribution >= 0.6 is 22.6 Å². The highest BCUT2D eigenvalue weighted by Crippen LogP contribution is 2.20. The van der Waals surface area contributed by atoms with Gasteiger partial charge in [-0.3, -0.25) is 9.59 Å². The van der Waals surface area contributed by atoms with Crippen molar-refractivity contribution in [3.63, 3.8) is 0 Å². The third-order valence-electron chi connectivity index (χ3n) is 3.51. The van der Waals surface area contributed by atoms with Gasteiger partial charge in [0.25, 0.3) is 0 Å². The van der Waals surface area contributed by atoms with E-state index >= 15 is 0 Å². The summed E-state index contributed by atoms with van der Waals surface area (Å²) >= 11 is 2.25. The number of halogens is 1. The molecular formula is C15H19IN2O2. The number of nitrogens with one attached hydrogen (secondary N) is 1. The van der Waals surface area contributed by atoms with E-state index in [1.54, 1.807) is 11.8 Å². The summed E-state index contributed by atoms with van der Waals surface area (Å²) in [6.45, 7) is 6.15. The number of amides is 2. The second-order valence-electron chi connectivity index (χ2n) is 5.51. The Bertz CT molecular complexity index is 513. The van der Waals surface area contributed by atoms with E-state index in [1.165, 1.54) is 0 Å². The van der Waals surface area contributed by atoms with E-state index in [9.17, 15) is 9.59 Å². The van der Waals surface area contributed by atoms with Gasteiger partial charge < -0.3 is 10.2 Å².